The average molecular weight is 237 g/mol. The van der Waals surface area contributed by atoms with Gasteiger partial charge in [-0.25, -0.2) is 0 Å². The number of aliphatic hydroxyl groups is 1. The van der Waals surface area contributed by atoms with Crippen molar-refractivity contribution in [3.8, 4) is 5.75 Å². The van der Waals surface area contributed by atoms with Crippen LogP contribution in [-0.4, -0.2) is 42.1 Å². The van der Waals surface area contributed by atoms with Crippen molar-refractivity contribution < 1.29 is 14.9 Å². The number of hydrogen-bond donors (Lipinski definition) is 3. The Morgan fingerprint density at radius 3 is 2.76 bits per heavy atom. The minimum absolute atomic E-state index is 0.0495. The zero-order valence-electron chi connectivity index (χ0n) is 9.85. The Bertz CT molecular complexity index is 342. The Kier molecular flexibility index (Phi) is 3.99. The number of phenols is 1. The second-order valence-electron chi connectivity index (χ2n) is 4.61. The van der Waals surface area contributed by atoms with E-state index in [0.29, 0.717) is 13.0 Å². The molecule has 2 rings (SSSR count). The van der Waals surface area contributed by atoms with Gasteiger partial charge in [0.2, 0.25) is 0 Å². The maximum atomic E-state index is 9.59. The maximum absolute atomic E-state index is 9.59. The van der Waals surface area contributed by atoms with Crippen LogP contribution in [0.25, 0.3) is 0 Å². The van der Waals surface area contributed by atoms with E-state index in [1.165, 1.54) is 0 Å². The van der Waals surface area contributed by atoms with Crippen LogP contribution in [0.3, 0.4) is 0 Å². The third-order valence-electron chi connectivity index (χ3n) is 3.13. The SMILES string of the molecule is OCC1(Cc2ccc(O)cc2)COCCCN1. The van der Waals surface area contributed by atoms with Crippen LogP contribution in [0.15, 0.2) is 24.3 Å². The molecule has 4 heteroatoms. The summed E-state index contributed by atoms with van der Waals surface area (Å²) in [6, 6.07) is 7.08. The molecular formula is C13H19NO3. The Labute approximate surface area is 101 Å². The monoisotopic (exact) mass is 237 g/mol. The van der Waals surface area contributed by atoms with Crippen molar-refractivity contribution in [1.29, 1.82) is 0 Å². The first-order chi connectivity index (χ1) is 8.24. The van der Waals surface area contributed by atoms with Gasteiger partial charge >= 0.3 is 0 Å². The normalized spacial score (nSPS) is 25.5. The molecule has 3 N–H and O–H groups in total. The number of nitrogens with one attached hydrogen (secondary N) is 1. The molecule has 0 spiro atoms. The minimum Gasteiger partial charge on any atom is -0.508 e. The fourth-order valence-corrected chi connectivity index (χ4v) is 2.12. The summed E-state index contributed by atoms with van der Waals surface area (Å²) < 4.78 is 5.53. The van der Waals surface area contributed by atoms with Crippen LogP contribution < -0.4 is 5.32 Å². The summed E-state index contributed by atoms with van der Waals surface area (Å²) in [5, 5.41) is 22.2. The van der Waals surface area contributed by atoms with Gasteiger partial charge in [-0.15, -0.1) is 0 Å². The quantitative estimate of drug-likeness (QED) is 0.723. The summed E-state index contributed by atoms with van der Waals surface area (Å²) in [6.07, 6.45) is 1.67. The van der Waals surface area contributed by atoms with Crippen LogP contribution in [0, 0.1) is 0 Å². The third kappa shape index (κ3) is 3.19. The smallest absolute Gasteiger partial charge is 0.115 e. The molecule has 1 saturated heterocycles. The topological polar surface area (TPSA) is 61.7 Å². The van der Waals surface area contributed by atoms with E-state index in [9.17, 15) is 10.2 Å². The van der Waals surface area contributed by atoms with Gasteiger partial charge in [-0.1, -0.05) is 12.1 Å². The average Bonchev–Trinajstić information content (AvgIpc) is 2.58. The highest BCUT2D eigenvalue weighted by molar-refractivity contribution is 5.27. The Hall–Kier alpha value is -1.10. The van der Waals surface area contributed by atoms with Gasteiger partial charge in [-0.2, -0.15) is 0 Å². The van der Waals surface area contributed by atoms with Crippen molar-refractivity contribution in [2.45, 2.75) is 18.4 Å². The van der Waals surface area contributed by atoms with Gasteiger partial charge in [-0.05, 0) is 37.1 Å². The van der Waals surface area contributed by atoms with E-state index in [0.717, 1.165) is 25.1 Å². The zero-order chi connectivity index (χ0) is 12.1. The van der Waals surface area contributed by atoms with Gasteiger partial charge in [0.25, 0.3) is 0 Å². The van der Waals surface area contributed by atoms with E-state index < -0.39 is 5.54 Å². The van der Waals surface area contributed by atoms with Crippen molar-refractivity contribution in [2.24, 2.45) is 0 Å². The lowest BCUT2D eigenvalue weighted by Crippen LogP contribution is -2.53. The Balaban J connectivity index is 2.09. The maximum Gasteiger partial charge on any atom is 0.115 e. The van der Waals surface area contributed by atoms with E-state index in [-0.39, 0.29) is 12.4 Å². The van der Waals surface area contributed by atoms with Gasteiger partial charge in [0, 0.05) is 6.61 Å². The van der Waals surface area contributed by atoms with E-state index in [2.05, 4.69) is 5.32 Å². The molecule has 1 aliphatic heterocycles. The molecule has 17 heavy (non-hydrogen) atoms. The van der Waals surface area contributed by atoms with Crippen LogP contribution in [0.5, 0.6) is 5.75 Å². The van der Waals surface area contributed by atoms with Crippen molar-refractivity contribution in [2.75, 3.05) is 26.4 Å². The molecule has 1 aromatic rings. The fourth-order valence-electron chi connectivity index (χ4n) is 2.12. The minimum atomic E-state index is -0.395. The number of benzene rings is 1. The summed E-state index contributed by atoms with van der Waals surface area (Å²) in [6.45, 7) is 2.17. The summed E-state index contributed by atoms with van der Waals surface area (Å²) in [4.78, 5) is 0. The summed E-state index contributed by atoms with van der Waals surface area (Å²) >= 11 is 0. The Morgan fingerprint density at radius 2 is 2.06 bits per heavy atom. The van der Waals surface area contributed by atoms with Crippen LogP contribution in [-0.2, 0) is 11.2 Å². The number of phenolic OH excluding ortho intramolecular Hbond substituents is 1. The van der Waals surface area contributed by atoms with Crippen molar-refractivity contribution in [1.82, 2.24) is 5.32 Å². The van der Waals surface area contributed by atoms with Crippen molar-refractivity contribution in [3.05, 3.63) is 29.8 Å². The second-order valence-corrected chi connectivity index (χ2v) is 4.61. The van der Waals surface area contributed by atoms with E-state index in [4.69, 9.17) is 4.74 Å². The van der Waals surface area contributed by atoms with Gasteiger partial charge in [-0.3, -0.25) is 0 Å². The number of hydrogen-bond acceptors (Lipinski definition) is 4. The predicted octanol–water partition coefficient (Wildman–Crippen LogP) is 0.676. The van der Waals surface area contributed by atoms with Gasteiger partial charge in [0.1, 0.15) is 5.75 Å². The van der Waals surface area contributed by atoms with Gasteiger partial charge in [0.15, 0.2) is 0 Å². The molecule has 1 fully saturated rings. The molecule has 1 heterocycles. The lowest BCUT2D eigenvalue weighted by atomic mass is 9.92. The predicted molar refractivity (Wildman–Crippen MR) is 65.1 cm³/mol. The molecule has 0 amide bonds. The van der Waals surface area contributed by atoms with Gasteiger partial charge in [0.05, 0.1) is 18.8 Å². The highest BCUT2D eigenvalue weighted by Crippen LogP contribution is 2.18. The number of rotatable bonds is 3. The van der Waals surface area contributed by atoms with Crippen molar-refractivity contribution >= 4 is 0 Å². The molecule has 4 nitrogen and oxygen atoms in total. The van der Waals surface area contributed by atoms with Crippen LogP contribution >= 0.6 is 0 Å². The molecule has 1 unspecified atom stereocenters. The summed E-state index contributed by atoms with van der Waals surface area (Å²) in [7, 11) is 0. The van der Waals surface area contributed by atoms with Crippen LogP contribution in [0.1, 0.15) is 12.0 Å². The molecule has 0 aliphatic carbocycles. The first-order valence-corrected chi connectivity index (χ1v) is 5.96. The number of aromatic hydroxyl groups is 1. The van der Waals surface area contributed by atoms with E-state index in [1.54, 1.807) is 12.1 Å². The molecular weight excluding hydrogens is 218 g/mol. The number of ether oxygens (including phenoxy) is 1. The molecule has 94 valence electrons. The van der Waals surface area contributed by atoms with E-state index in [1.807, 2.05) is 12.1 Å². The molecule has 1 atom stereocenters. The fraction of sp³-hybridized carbons (Fsp3) is 0.538. The zero-order valence-corrected chi connectivity index (χ0v) is 9.85. The molecule has 0 bridgehead atoms. The van der Waals surface area contributed by atoms with E-state index >= 15 is 0 Å². The second kappa shape index (κ2) is 5.49. The van der Waals surface area contributed by atoms with Crippen LogP contribution in [0.2, 0.25) is 0 Å². The summed E-state index contributed by atoms with van der Waals surface area (Å²) in [5.74, 6) is 0.261. The highest BCUT2D eigenvalue weighted by atomic mass is 16.5. The van der Waals surface area contributed by atoms with Gasteiger partial charge < -0.3 is 20.3 Å². The van der Waals surface area contributed by atoms with Crippen molar-refractivity contribution in [3.63, 3.8) is 0 Å². The first-order valence-electron chi connectivity index (χ1n) is 5.96. The Morgan fingerprint density at radius 1 is 1.29 bits per heavy atom. The lowest BCUT2D eigenvalue weighted by molar-refractivity contribution is 0.0566. The molecule has 1 aliphatic rings. The number of aliphatic hydroxyl groups excluding tert-OH is 1. The summed E-state index contributed by atoms with van der Waals surface area (Å²) in [5.41, 5.74) is 0.683. The third-order valence-corrected chi connectivity index (χ3v) is 3.13. The highest BCUT2D eigenvalue weighted by Gasteiger charge is 2.30. The molecule has 0 aromatic heterocycles. The molecule has 0 saturated carbocycles. The standard InChI is InChI=1S/C13H19NO3/c15-9-13(10-17-7-1-6-14-13)8-11-2-4-12(16)5-3-11/h2-5,14-16H,1,6-10H2. The lowest BCUT2D eigenvalue weighted by Gasteiger charge is -2.31. The van der Waals surface area contributed by atoms with Crippen LogP contribution in [0.4, 0.5) is 0 Å². The first kappa shape index (κ1) is 12.4. The largest absolute Gasteiger partial charge is 0.508 e. The molecule has 1 aromatic carbocycles. The molecule has 0 radical (unpaired) electrons.